The molecule has 1 N–H and O–H groups in total. The summed E-state index contributed by atoms with van der Waals surface area (Å²) in [7, 11) is 0. The summed E-state index contributed by atoms with van der Waals surface area (Å²) in [4.78, 5) is 13.3. The Labute approximate surface area is 126 Å². The fourth-order valence-corrected chi connectivity index (χ4v) is 2.94. The maximum Gasteiger partial charge on any atom is 0.339 e. The first-order valence-corrected chi connectivity index (χ1v) is 6.98. The van der Waals surface area contributed by atoms with E-state index in [-0.39, 0.29) is 10.6 Å². The molecule has 3 rings (SSSR count). The Kier molecular flexibility index (Phi) is 3.55. The van der Waals surface area contributed by atoms with Crippen LogP contribution in [-0.2, 0) is 13.0 Å². The normalized spacial score (nSPS) is 13.3. The molecule has 0 fully saturated rings. The lowest BCUT2D eigenvalue weighted by molar-refractivity contribution is 0.0691. The molecule has 0 bridgehead atoms. The number of nitrogens with zero attached hydrogens (tertiary/aromatic N) is 1. The maximum absolute atomic E-state index is 13.9. The molecule has 0 aliphatic carbocycles. The first-order valence-electron chi connectivity index (χ1n) is 6.61. The number of halogens is 2. The van der Waals surface area contributed by atoms with Crippen molar-refractivity contribution in [1.29, 1.82) is 0 Å². The van der Waals surface area contributed by atoms with E-state index in [1.54, 1.807) is 0 Å². The van der Waals surface area contributed by atoms with E-state index in [9.17, 15) is 14.3 Å². The molecule has 5 heteroatoms. The SMILES string of the molecule is O=C(O)c1c(F)c(Cl)cc2c1CCN2Cc1ccccc1. The first-order chi connectivity index (χ1) is 10.1. The number of fused-ring (bicyclic) bond motifs is 1. The zero-order chi connectivity index (χ0) is 15.0. The molecule has 0 radical (unpaired) electrons. The van der Waals surface area contributed by atoms with E-state index in [1.165, 1.54) is 6.07 Å². The molecule has 1 heterocycles. The Bertz CT molecular complexity index is 703. The second-order valence-electron chi connectivity index (χ2n) is 5.01. The van der Waals surface area contributed by atoms with Crippen LogP contribution in [0.4, 0.5) is 10.1 Å². The van der Waals surface area contributed by atoms with Gasteiger partial charge in [0.2, 0.25) is 0 Å². The van der Waals surface area contributed by atoms with Crippen molar-refractivity contribution in [3.05, 3.63) is 63.9 Å². The van der Waals surface area contributed by atoms with Crippen molar-refractivity contribution >= 4 is 23.3 Å². The minimum atomic E-state index is -1.27. The highest BCUT2D eigenvalue weighted by Gasteiger charge is 2.29. The van der Waals surface area contributed by atoms with Crippen LogP contribution in [0.3, 0.4) is 0 Å². The number of carbonyl (C=O) groups is 1. The van der Waals surface area contributed by atoms with E-state index in [2.05, 4.69) is 0 Å². The van der Waals surface area contributed by atoms with E-state index in [0.717, 1.165) is 5.56 Å². The molecule has 0 saturated carbocycles. The van der Waals surface area contributed by atoms with Crippen LogP contribution in [0.2, 0.25) is 5.02 Å². The third kappa shape index (κ3) is 2.47. The fraction of sp³-hybridized carbons (Fsp3) is 0.188. The lowest BCUT2D eigenvalue weighted by atomic mass is 10.0. The number of rotatable bonds is 3. The average molecular weight is 306 g/mol. The topological polar surface area (TPSA) is 40.5 Å². The minimum absolute atomic E-state index is 0.147. The molecule has 1 aliphatic rings. The quantitative estimate of drug-likeness (QED) is 0.939. The average Bonchev–Trinajstić information content (AvgIpc) is 2.83. The van der Waals surface area contributed by atoms with Gasteiger partial charge in [0.05, 0.1) is 5.02 Å². The standard InChI is InChI=1S/C16H13ClFNO2/c17-12-8-13-11(14(15(12)18)16(20)21)6-7-19(13)9-10-4-2-1-3-5-10/h1-5,8H,6-7,9H2,(H,20,21). The summed E-state index contributed by atoms with van der Waals surface area (Å²) in [5, 5.41) is 9.07. The van der Waals surface area contributed by atoms with Gasteiger partial charge < -0.3 is 10.0 Å². The molecule has 1 aliphatic heterocycles. The Morgan fingerprint density at radius 2 is 2.05 bits per heavy atom. The van der Waals surface area contributed by atoms with Crippen molar-refractivity contribution in [2.24, 2.45) is 0 Å². The Hall–Kier alpha value is -2.07. The predicted octanol–water partition coefficient (Wildman–Crippen LogP) is 3.74. The second kappa shape index (κ2) is 5.37. The van der Waals surface area contributed by atoms with E-state index >= 15 is 0 Å². The largest absolute Gasteiger partial charge is 0.478 e. The van der Waals surface area contributed by atoms with Crippen LogP contribution >= 0.6 is 11.6 Å². The maximum atomic E-state index is 13.9. The van der Waals surface area contributed by atoms with E-state index in [4.69, 9.17) is 11.6 Å². The van der Waals surface area contributed by atoms with Crippen LogP contribution in [-0.4, -0.2) is 17.6 Å². The number of carboxylic acid groups (broad SMARTS) is 1. The smallest absolute Gasteiger partial charge is 0.339 e. The summed E-state index contributed by atoms with van der Waals surface area (Å²) >= 11 is 5.84. The van der Waals surface area contributed by atoms with Crippen molar-refractivity contribution < 1.29 is 14.3 Å². The van der Waals surface area contributed by atoms with E-state index in [0.29, 0.717) is 30.8 Å². The fourth-order valence-electron chi connectivity index (χ4n) is 2.74. The molecule has 0 unspecified atom stereocenters. The van der Waals surface area contributed by atoms with E-state index in [1.807, 2.05) is 35.2 Å². The second-order valence-corrected chi connectivity index (χ2v) is 5.41. The molecule has 0 saturated heterocycles. The van der Waals surface area contributed by atoms with Crippen molar-refractivity contribution in [1.82, 2.24) is 0 Å². The van der Waals surface area contributed by atoms with Gasteiger partial charge in [0.1, 0.15) is 5.56 Å². The molecule has 108 valence electrons. The van der Waals surface area contributed by atoms with Crippen molar-refractivity contribution in [2.45, 2.75) is 13.0 Å². The van der Waals surface area contributed by atoms with Gasteiger partial charge in [0.25, 0.3) is 0 Å². The molecular weight excluding hydrogens is 293 g/mol. The highest BCUT2D eigenvalue weighted by atomic mass is 35.5. The van der Waals surface area contributed by atoms with E-state index < -0.39 is 11.8 Å². The van der Waals surface area contributed by atoms with Gasteiger partial charge in [-0.15, -0.1) is 0 Å². The van der Waals surface area contributed by atoms with Gasteiger partial charge in [0, 0.05) is 18.8 Å². The molecule has 2 aromatic carbocycles. The van der Waals surface area contributed by atoms with Crippen LogP contribution in [0.15, 0.2) is 36.4 Å². The number of hydrogen-bond acceptors (Lipinski definition) is 2. The number of aromatic carboxylic acids is 1. The lowest BCUT2D eigenvalue weighted by Gasteiger charge is -2.20. The van der Waals surface area contributed by atoms with Crippen LogP contribution in [0.1, 0.15) is 21.5 Å². The Balaban J connectivity index is 2.01. The van der Waals surface area contributed by atoms with Gasteiger partial charge in [-0.25, -0.2) is 9.18 Å². The molecule has 0 atom stereocenters. The van der Waals surface area contributed by atoms with Crippen molar-refractivity contribution in [3.8, 4) is 0 Å². The van der Waals surface area contributed by atoms with Gasteiger partial charge in [-0.2, -0.15) is 0 Å². The monoisotopic (exact) mass is 305 g/mol. The summed E-state index contributed by atoms with van der Waals surface area (Å²) in [6.07, 6.45) is 0.512. The summed E-state index contributed by atoms with van der Waals surface area (Å²) < 4.78 is 13.9. The number of hydrogen-bond donors (Lipinski definition) is 1. The molecule has 3 nitrogen and oxygen atoms in total. The van der Waals surface area contributed by atoms with Crippen LogP contribution < -0.4 is 4.90 Å². The molecule has 21 heavy (non-hydrogen) atoms. The molecule has 0 aromatic heterocycles. The van der Waals surface area contributed by atoms with Crippen molar-refractivity contribution in [3.63, 3.8) is 0 Å². The van der Waals surface area contributed by atoms with Gasteiger partial charge in [-0.05, 0) is 23.6 Å². The molecule has 0 amide bonds. The summed E-state index contributed by atoms with van der Waals surface area (Å²) in [5.74, 6) is -2.11. The van der Waals surface area contributed by atoms with Crippen LogP contribution in [0.25, 0.3) is 0 Å². The molecular formula is C16H13ClFNO2. The lowest BCUT2D eigenvalue weighted by Crippen LogP contribution is -2.19. The Morgan fingerprint density at radius 1 is 1.33 bits per heavy atom. The van der Waals surface area contributed by atoms with Gasteiger partial charge in [0.15, 0.2) is 5.82 Å². The summed E-state index contributed by atoms with van der Waals surface area (Å²) in [5.41, 5.74) is 2.05. The van der Waals surface area contributed by atoms with Crippen LogP contribution in [0.5, 0.6) is 0 Å². The van der Waals surface area contributed by atoms with Gasteiger partial charge in [-0.1, -0.05) is 41.9 Å². The van der Waals surface area contributed by atoms with Crippen LogP contribution in [0, 0.1) is 5.82 Å². The predicted molar refractivity (Wildman–Crippen MR) is 79.6 cm³/mol. The molecule has 2 aromatic rings. The zero-order valence-electron chi connectivity index (χ0n) is 11.1. The minimum Gasteiger partial charge on any atom is -0.478 e. The van der Waals surface area contributed by atoms with Crippen molar-refractivity contribution in [2.75, 3.05) is 11.4 Å². The molecule has 0 spiro atoms. The number of benzene rings is 2. The summed E-state index contributed by atoms with van der Waals surface area (Å²) in [6, 6.07) is 11.4. The highest BCUT2D eigenvalue weighted by Crippen LogP contribution is 2.37. The Morgan fingerprint density at radius 3 is 2.71 bits per heavy atom. The zero-order valence-corrected chi connectivity index (χ0v) is 11.9. The summed E-state index contributed by atoms with van der Waals surface area (Å²) in [6.45, 7) is 1.30. The number of anilines is 1. The first kappa shape index (κ1) is 13.9. The third-order valence-corrected chi connectivity index (χ3v) is 3.98. The van der Waals surface area contributed by atoms with Gasteiger partial charge >= 0.3 is 5.97 Å². The van der Waals surface area contributed by atoms with Gasteiger partial charge in [-0.3, -0.25) is 0 Å². The highest BCUT2D eigenvalue weighted by molar-refractivity contribution is 6.31. The third-order valence-electron chi connectivity index (χ3n) is 3.71. The number of carboxylic acids is 1.